The van der Waals surface area contributed by atoms with E-state index >= 15 is 0 Å². The second-order valence-electron chi connectivity index (χ2n) is 21.4. The van der Waals surface area contributed by atoms with Gasteiger partial charge in [0.2, 0.25) is 0 Å². The van der Waals surface area contributed by atoms with Crippen molar-refractivity contribution in [2.24, 2.45) is 11.3 Å². The Kier molecular flexibility index (Phi) is 12.0. The van der Waals surface area contributed by atoms with Gasteiger partial charge < -0.3 is 34.5 Å². The van der Waals surface area contributed by atoms with E-state index in [0.717, 1.165) is 62.5 Å². The van der Waals surface area contributed by atoms with Crippen LogP contribution in [0.1, 0.15) is 131 Å². The average molecular weight is 974 g/mol. The van der Waals surface area contributed by atoms with Crippen LogP contribution >= 0.6 is 0 Å². The van der Waals surface area contributed by atoms with Gasteiger partial charge in [0.1, 0.15) is 24.1 Å². The Morgan fingerprint density at radius 2 is 1.74 bits per heavy atom. The highest BCUT2D eigenvalue weighted by Gasteiger charge is 2.50. The summed E-state index contributed by atoms with van der Waals surface area (Å²) in [7, 11) is -4.70. The van der Waals surface area contributed by atoms with Gasteiger partial charge in [-0.2, -0.15) is 4.98 Å². The SMILES string of the molecule is CC(C)c1ccccc1[C@H]1CCCN1C1CC2(CCN(c3ccc(C(=O)NS(=O)(=O)c4cc5c(c([N+](=O)[O-])c4)N[C@@H](C4CCC(C)(O)CC4)CO5)c(Oc4cc5cc[nH]c5nc4OC4CC4)c3)CC2)C1. The lowest BCUT2D eigenvalue weighted by Crippen LogP contribution is -2.54. The third-order valence-corrected chi connectivity index (χ3v) is 17.5. The van der Waals surface area contributed by atoms with Crippen LogP contribution < -0.4 is 29.1 Å². The van der Waals surface area contributed by atoms with Gasteiger partial charge in [0, 0.05) is 60.6 Å². The minimum Gasteiger partial charge on any atom is -0.489 e. The predicted molar refractivity (Wildman–Crippen MR) is 266 cm³/mol. The number of aliphatic hydroxyl groups is 1. The number of H-pyrrole nitrogens is 1. The molecule has 4 N–H and O–H groups in total. The topological polar surface area (TPSA) is 201 Å². The smallest absolute Gasteiger partial charge is 0.297 e. The number of anilines is 2. The third-order valence-electron chi connectivity index (χ3n) is 16.2. The van der Waals surface area contributed by atoms with E-state index in [1.807, 2.05) is 19.1 Å². The summed E-state index contributed by atoms with van der Waals surface area (Å²) in [4.78, 5) is 38.6. The largest absolute Gasteiger partial charge is 0.489 e. The molecule has 0 unspecified atom stereocenters. The minimum atomic E-state index is -4.70. The first kappa shape index (κ1) is 46.5. The number of piperidine rings is 1. The quantitative estimate of drug-likeness (QED) is 0.0642. The Hall–Kier alpha value is -5.91. The van der Waals surface area contributed by atoms with Gasteiger partial charge >= 0.3 is 0 Å². The Labute approximate surface area is 408 Å². The molecule has 370 valence electrons. The number of ether oxygens (including phenoxy) is 3. The van der Waals surface area contributed by atoms with Crippen LogP contribution in [0.25, 0.3) is 11.0 Å². The number of nitrogens with one attached hydrogen (secondary N) is 3. The monoisotopic (exact) mass is 973 g/mol. The Morgan fingerprint density at radius 1 is 0.971 bits per heavy atom. The molecule has 11 rings (SSSR count). The second-order valence-corrected chi connectivity index (χ2v) is 23.1. The van der Waals surface area contributed by atoms with E-state index in [-0.39, 0.29) is 64.5 Å². The molecule has 3 aliphatic heterocycles. The zero-order valence-corrected chi connectivity index (χ0v) is 40.9. The van der Waals surface area contributed by atoms with E-state index in [9.17, 15) is 28.4 Å². The highest BCUT2D eigenvalue weighted by atomic mass is 32.2. The molecule has 1 spiro atoms. The molecule has 3 aromatic carbocycles. The van der Waals surface area contributed by atoms with Crippen LogP contribution in [0.3, 0.4) is 0 Å². The highest BCUT2D eigenvalue weighted by Crippen LogP contribution is 2.55. The summed E-state index contributed by atoms with van der Waals surface area (Å²) in [6, 6.07) is 20.7. The summed E-state index contributed by atoms with van der Waals surface area (Å²) in [5.74, 6) is 0.230. The third kappa shape index (κ3) is 9.16. The number of sulfonamides is 1. The second kappa shape index (κ2) is 18.0. The molecule has 2 saturated heterocycles. The average Bonchev–Trinajstić information content (AvgIpc) is 3.81. The Balaban J connectivity index is 0.833. The fourth-order valence-corrected chi connectivity index (χ4v) is 13.0. The van der Waals surface area contributed by atoms with Gasteiger partial charge in [0.25, 0.3) is 27.5 Å². The number of pyridine rings is 1. The fraction of sp³-hybridized carbons (Fsp3) is 0.509. The summed E-state index contributed by atoms with van der Waals surface area (Å²) in [6.45, 7) is 9.31. The number of carbonyl (C=O) groups excluding carboxylic acids is 1. The van der Waals surface area contributed by atoms with Crippen LogP contribution in [-0.2, 0) is 10.0 Å². The molecular weight excluding hydrogens is 911 g/mol. The van der Waals surface area contributed by atoms with Crippen LogP contribution in [0.4, 0.5) is 17.1 Å². The Bertz CT molecular complexity index is 2930. The number of hydrogen-bond acceptors (Lipinski definition) is 13. The molecule has 5 aromatic rings. The van der Waals surface area contributed by atoms with Gasteiger partial charge in [-0.1, -0.05) is 38.1 Å². The molecule has 70 heavy (non-hydrogen) atoms. The van der Waals surface area contributed by atoms with Crippen molar-refractivity contribution in [3.05, 3.63) is 99.7 Å². The molecule has 0 radical (unpaired) electrons. The van der Waals surface area contributed by atoms with Crippen molar-refractivity contribution < 1.29 is 37.5 Å². The van der Waals surface area contributed by atoms with E-state index in [2.05, 4.69) is 62.9 Å². The summed E-state index contributed by atoms with van der Waals surface area (Å²) < 4.78 is 49.3. The standard InChI is InChI=1S/C53H63N7O9S/c1-32(2)39-7-4-5-8-40(39)43-9-6-22-59(43)36-29-53(30-36)19-23-58(24-20-53)35-10-13-41(45(26-35)69-47-25-34-16-21-54-49(34)56-51(47)68-37-11-12-37)50(61)57-70(65,66)38-27-44(60(63)64)48-46(28-38)67-31-42(55-48)33-14-17-52(3,62)18-15-33/h4-5,7-8,10,13,16,21,25-28,32-33,36-37,42-43,55,62H,6,9,11-12,14-15,17-20,22-24,29-31H2,1-3H3,(H,54,56)(H,57,61)/t33?,42-,43-,52?/m1/s1. The number of aromatic amines is 1. The summed E-state index contributed by atoms with van der Waals surface area (Å²) in [5.41, 5.74) is 3.44. The zero-order chi connectivity index (χ0) is 48.5. The van der Waals surface area contributed by atoms with Crippen molar-refractivity contribution in [3.63, 3.8) is 0 Å². The molecule has 3 saturated carbocycles. The molecule has 0 bridgehead atoms. The number of nitro groups is 1. The van der Waals surface area contributed by atoms with Crippen molar-refractivity contribution in [1.82, 2.24) is 19.6 Å². The number of likely N-dealkylation sites (tertiary alicyclic amines) is 1. The zero-order valence-electron chi connectivity index (χ0n) is 40.1. The molecule has 16 nitrogen and oxygen atoms in total. The maximum Gasteiger partial charge on any atom is 0.297 e. The van der Waals surface area contributed by atoms with Gasteiger partial charge in [-0.25, -0.2) is 13.1 Å². The van der Waals surface area contributed by atoms with Crippen LogP contribution in [0.15, 0.2) is 77.8 Å². The number of aromatic nitrogens is 2. The first-order chi connectivity index (χ1) is 33.6. The summed E-state index contributed by atoms with van der Waals surface area (Å²) in [6.07, 6.45) is 13.0. The van der Waals surface area contributed by atoms with E-state index in [1.54, 1.807) is 24.4 Å². The normalized spacial score (nSPS) is 24.7. The van der Waals surface area contributed by atoms with Crippen LogP contribution in [0, 0.1) is 21.4 Å². The molecule has 1 amide bonds. The van der Waals surface area contributed by atoms with Crippen LogP contribution in [0.5, 0.6) is 23.1 Å². The van der Waals surface area contributed by atoms with E-state index < -0.39 is 37.0 Å². The van der Waals surface area contributed by atoms with Gasteiger partial charge in [-0.05, 0) is 143 Å². The van der Waals surface area contributed by atoms with E-state index in [4.69, 9.17) is 19.2 Å². The fourth-order valence-electron chi connectivity index (χ4n) is 12.0. The van der Waals surface area contributed by atoms with Crippen molar-refractivity contribution in [2.45, 2.75) is 138 Å². The number of rotatable bonds is 13. The molecule has 2 aromatic heterocycles. The molecule has 2 atom stereocenters. The lowest BCUT2D eigenvalue weighted by molar-refractivity contribution is -0.384. The number of carbonyl (C=O) groups is 1. The number of amides is 1. The summed E-state index contributed by atoms with van der Waals surface area (Å²) >= 11 is 0. The Morgan fingerprint density at radius 3 is 2.49 bits per heavy atom. The number of benzene rings is 3. The van der Waals surface area contributed by atoms with Crippen molar-refractivity contribution >= 4 is 44.0 Å². The highest BCUT2D eigenvalue weighted by molar-refractivity contribution is 7.90. The number of fused-ring (bicyclic) bond motifs is 2. The first-order valence-corrected chi connectivity index (χ1v) is 26.7. The van der Waals surface area contributed by atoms with Gasteiger partial charge in [0.05, 0.1) is 27.0 Å². The number of nitrogens with zero attached hydrogens (tertiary/aromatic N) is 4. The van der Waals surface area contributed by atoms with Gasteiger partial charge in [-0.3, -0.25) is 19.8 Å². The molecule has 3 aliphatic carbocycles. The van der Waals surface area contributed by atoms with E-state index in [1.165, 1.54) is 42.9 Å². The molecular formula is C53H63N7O9S. The molecule has 5 heterocycles. The molecule has 5 fully saturated rings. The van der Waals surface area contributed by atoms with Gasteiger partial charge in [-0.15, -0.1) is 0 Å². The van der Waals surface area contributed by atoms with Crippen LogP contribution in [-0.4, -0.2) is 89.3 Å². The number of nitro benzene ring substituents is 1. The minimum absolute atomic E-state index is 0.00122. The molecule has 17 heteroatoms. The number of hydrogen-bond donors (Lipinski definition) is 4. The maximum atomic E-state index is 14.3. The van der Waals surface area contributed by atoms with Gasteiger partial charge in [0.15, 0.2) is 17.2 Å². The summed E-state index contributed by atoms with van der Waals surface area (Å²) in [5, 5.41) is 27.0. The molecule has 6 aliphatic rings. The van der Waals surface area contributed by atoms with Crippen molar-refractivity contribution in [2.75, 3.05) is 36.5 Å². The van der Waals surface area contributed by atoms with Crippen molar-refractivity contribution in [3.8, 4) is 23.1 Å². The van der Waals surface area contributed by atoms with Crippen LogP contribution in [0.2, 0.25) is 0 Å². The maximum absolute atomic E-state index is 14.3. The van der Waals surface area contributed by atoms with E-state index in [0.29, 0.717) is 49.3 Å². The predicted octanol–water partition coefficient (Wildman–Crippen LogP) is 9.75. The van der Waals surface area contributed by atoms with Crippen molar-refractivity contribution in [1.29, 1.82) is 0 Å². The lowest BCUT2D eigenvalue weighted by atomic mass is 9.59. The lowest BCUT2D eigenvalue weighted by Gasteiger charge is -2.56. The first-order valence-electron chi connectivity index (χ1n) is 25.2.